The van der Waals surface area contributed by atoms with Crippen LogP contribution in [0.15, 0.2) is 12.7 Å². The monoisotopic (exact) mass is 528 g/mol. The molecule has 0 saturated carbocycles. The van der Waals surface area contributed by atoms with E-state index in [1.807, 2.05) is 0 Å². The minimum Gasteiger partial charge on any atom is -0.462 e. The van der Waals surface area contributed by atoms with Gasteiger partial charge in [-0.1, -0.05) is 0 Å². The Morgan fingerprint density at radius 1 is 1.08 bits per heavy atom. The Hall–Kier alpha value is -2.60. The van der Waals surface area contributed by atoms with Crippen LogP contribution in [-0.2, 0) is 39.4 Å². The van der Waals surface area contributed by atoms with Gasteiger partial charge in [0.2, 0.25) is 0 Å². The molecule has 0 saturated heterocycles. The molecule has 14 heteroatoms. The lowest BCUT2D eigenvalue weighted by atomic mass is 10.1. The summed E-state index contributed by atoms with van der Waals surface area (Å²) in [5.41, 5.74) is 5.42. The number of nitrogens with one attached hydrogen (secondary N) is 1. The van der Waals surface area contributed by atoms with E-state index in [0.29, 0.717) is 17.7 Å². The number of aromatic nitrogens is 4. The van der Waals surface area contributed by atoms with Crippen molar-refractivity contribution in [1.29, 1.82) is 0 Å². The molecule has 0 aromatic carbocycles. The summed E-state index contributed by atoms with van der Waals surface area (Å²) in [6.45, 7) is 13.3. The number of carbonyl (C=O) groups is 2. The summed E-state index contributed by atoms with van der Waals surface area (Å²) in [5, 5.41) is 2.74. The SMILES string of the molecule is CC(C)OC(=O)[C@H](C)O[P@@](=O)(CO[C@H](C)Cn1cnc2c(N)ncnc21)NC(C)(C)C(=O)OC(C)C. The molecule has 0 aliphatic rings. The molecule has 2 aromatic rings. The van der Waals surface area contributed by atoms with Crippen molar-refractivity contribution in [3.8, 4) is 0 Å². The highest BCUT2D eigenvalue weighted by atomic mass is 31.2. The molecular weight excluding hydrogens is 491 g/mol. The summed E-state index contributed by atoms with van der Waals surface area (Å²) in [5.74, 6) is -1.06. The molecule has 0 unspecified atom stereocenters. The van der Waals surface area contributed by atoms with E-state index in [0.717, 1.165) is 0 Å². The molecule has 36 heavy (non-hydrogen) atoms. The normalized spacial score (nSPS) is 15.6. The molecule has 0 aliphatic carbocycles. The summed E-state index contributed by atoms with van der Waals surface area (Å²) in [4.78, 5) is 37.2. The zero-order valence-corrected chi connectivity index (χ0v) is 22.9. The van der Waals surface area contributed by atoms with Gasteiger partial charge in [0.1, 0.15) is 23.7 Å². The maximum absolute atomic E-state index is 13.9. The highest BCUT2D eigenvalue weighted by Crippen LogP contribution is 2.46. The van der Waals surface area contributed by atoms with Crippen LogP contribution in [0.25, 0.3) is 11.2 Å². The zero-order chi connectivity index (χ0) is 27.3. The number of ether oxygens (including phenoxy) is 3. The van der Waals surface area contributed by atoms with E-state index in [9.17, 15) is 14.2 Å². The molecule has 0 aliphatic heterocycles. The van der Waals surface area contributed by atoms with Crippen LogP contribution in [0, 0.1) is 0 Å². The van der Waals surface area contributed by atoms with Gasteiger partial charge in [-0.3, -0.25) is 9.36 Å². The topological polar surface area (TPSA) is 170 Å². The van der Waals surface area contributed by atoms with Crippen LogP contribution < -0.4 is 10.8 Å². The molecule has 13 nitrogen and oxygen atoms in total. The van der Waals surface area contributed by atoms with Gasteiger partial charge in [-0.15, -0.1) is 0 Å². The first-order valence-corrected chi connectivity index (χ1v) is 13.5. The quantitative estimate of drug-likeness (QED) is 0.288. The number of nitrogens with two attached hydrogens (primary N) is 1. The largest absolute Gasteiger partial charge is 0.462 e. The fraction of sp³-hybridized carbons (Fsp3) is 0.682. The van der Waals surface area contributed by atoms with Crippen LogP contribution in [0.1, 0.15) is 55.4 Å². The third-order valence-corrected chi connectivity index (χ3v) is 6.77. The first-order valence-electron chi connectivity index (χ1n) is 11.6. The minimum absolute atomic E-state index is 0.257. The van der Waals surface area contributed by atoms with Gasteiger partial charge in [0.25, 0.3) is 7.52 Å². The van der Waals surface area contributed by atoms with Gasteiger partial charge in [-0.2, -0.15) is 0 Å². The number of anilines is 1. The van der Waals surface area contributed by atoms with Crippen molar-refractivity contribution in [2.75, 3.05) is 12.1 Å². The smallest absolute Gasteiger partial charge is 0.335 e. The standard InChI is InChI=1S/C22H37N6O7P/c1-13(2)33-20(29)16(6)35-36(31,27-22(7,8)21(30)34-14(3)4)12-32-15(5)9-28-11-26-17-18(23)24-10-25-19(17)28/h10-11,13-16H,9,12H2,1-8H3,(H,27,31)(H2,23,24,25)/t15-,16+,36+/m1/s1. The summed E-state index contributed by atoms with van der Waals surface area (Å²) >= 11 is 0. The van der Waals surface area contributed by atoms with E-state index >= 15 is 0 Å². The number of hydrogen-bond acceptors (Lipinski definition) is 11. The summed E-state index contributed by atoms with van der Waals surface area (Å²) < 4.78 is 37.5. The lowest BCUT2D eigenvalue weighted by Crippen LogP contribution is -2.48. The van der Waals surface area contributed by atoms with E-state index in [2.05, 4.69) is 20.0 Å². The maximum atomic E-state index is 13.9. The number of rotatable bonds is 13. The molecule has 2 rings (SSSR count). The van der Waals surface area contributed by atoms with Crippen LogP contribution in [0.2, 0.25) is 0 Å². The number of carbonyl (C=O) groups excluding carboxylic acids is 2. The average Bonchev–Trinajstić information content (AvgIpc) is 3.15. The van der Waals surface area contributed by atoms with Crippen molar-refractivity contribution < 1.29 is 32.9 Å². The first-order chi connectivity index (χ1) is 16.6. The van der Waals surface area contributed by atoms with Crippen LogP contribution in [-0.4, -0.2) is 67.8 Å². The number of fused-ring (bicyclic) bond motifs is 1. The van der Waals surface area contributed by atoms with Crippen LogP contribution in [0.5, 0.6) is 0 Å². The molecular formula is C22H37N6O7P. The average molecular weight is 529 g/mol. The van der Waals surface area contributed by atoms with Gasteiger partial charge in [-0.25, -0.2) is 24.8 Å². The lowest BCUT2D eigenvalue weighted by Gasteiger charge is -2.32. The number of imidazole rings is 1. The predicted molar refractivity (Wildman–Crippen MR) is 133 cm³/mol. The fourth-order valence-electron chi connectivity index (χ4n) is 3.14. The number of esters is 2. The van der Waals surface area contributed by atoms with Crippen molar-refractivity contribution in [2.45, 2.75) is 91.9 Å². The van der Waals surface area contributed by atoms with Crippen molar-refractivity contribution in [2.24, 2.45) is 0 Å². The summed E-state index contributed by atoms with van der Waals surface area (Å²) in [7, 11) is -3.94. The molecule has 3 atom stereocenters. The van der Waals surface area contributed by atoms with Gasteiger partial charge in [-0.05, 0) is 55.4 Å². The Morgan fingerprint density at radius 2 is 1.72 bits per heavy atom. The molecule has 3 N–H and O–H groups in total. The highest BCUT2D eigenvalue weighted by Gasteiger charge is 2.41. The van der Waals surface area contributed by atoms with Crippen LogP contribution in [0.3, 0.4) is 0 Å². The lowest BCUT2D eigenvalue weighted by molar-refractivity contribution is -0.155. The summed E-state index contributed by atoms with van der Waals surface area (Å²) in [6.07, 6.45) is 0.0304. The van der Waals surface area contributed by atoms with Crippen molar-refractivity contribution >= 4 is 36.4 Å². The molecule has 0 radical (unpaired) electrons. The minimum atomic E-state index is -3.94. The van der Waals surface area contributed by atoms with Gasteiger partial charge < -0.3 is 29.0 Å². The van der Waals surface area contributed by atoms with E-state index < -0.39 is 43.6 Å². The van der Waals surface area contributed by atoms with Crippen molar-refractivity contribution in [3.63, 3.8) is 0 Å². The van der Waals surface area contributed by atoms with Crippen LogP contribution >= 0.6 is 7.52 Å². The molecule has 2 aromatic heterocycles. The second-order valence-corrected chi connectivity index (χ2v) is 11.6. The van der Waals surface area contributed by atoms with Gasteiger partial charge in [0, 0.05) is 0 Å². The Morgan fingerprint density at radius 3 is 2.33 bits per heavy atom. The van der Waals surface area contributed by atoms with E-state index in [1.165, 1.54) is 27.1 Å². The van der Waals surface area contributed by atoms with Gasteiger partial charge >= 0.3 is 11.9 Å². The van der Waals surface area contributed by atoms with E-state index in [-0.39, 0.29) is 18.0 Å². The third kappa shape index (κ3) is 8.22. The second-order valence-electron chi connectivity index (χ2n) is 9.53. The van der Waals surface area contributed by atoms with E-state index in [1.54, 1.807) is 45.5 Å². The summed E-state index contributed by atoms with van der Waals surface area (Å²) in [6, 6.07) is 0. The Balaban J connectivity index is 2.18. The number of hydrogen-bond donors (Lipinski definition) is 2. The first kappa shape index (κ1) is 29.6. The predicted octanol–water partition coefficient (Wildman–Crippen LogP) is 2.64. The van der Waals surface area contributed by atoms with Crippen molar-refractivity contribution in [3.05, 3.63) is 12.7 Å². The molecule has 2 heterocycles. The molecule has 0 bridgehead atoms. The highest BCUT2D eigenvalue weighted by molar-refractivity contribution is 7.56. The molecule has 0 fully saturated rings. The van der Waals surface area contributed by atoms with Gasteiger partial charge in [0.05, 0.1) is 31.2 Å². The van der Waals surface area contributed by atoms with Crippen LogP contribution in [0.4, 0.5) is 5.82 Å². The maximum Gasteiger partial charge on any atom is 0.335 e. The van der Waals surface area contributed by atoms with Crippen molar-refractivity contribution in [1.82, 2.24) is 24.6 Å². The fourth-order valence-corrected chi connectivity index (χ4v) is 5.30. The molecule has 0 spiro atoms. The Kier molecular flexibility index (Phi) is 9.95. The Bertz CT molecular complexity index is 1100. The zero-order valence-electron chi connectivity index (χ0n) is 22.0. The van der Waals surface area contributed by atoms with E-state index in [4.69, 9.17) is 24.5 Å². The second kappa shape index (κ2) is 12.1. The third-order valence-electron chi connectivity index (χ3n) is 4.73. The van der Waals surface area contributed by atoms with Gasteiger partial charge in [0.15, 0.2) is 17.6 Å². The number of nitrogens with zero attached hydrogens (tertiary/aromatic N) is 4. The molecule has 0 amide bonds. The Labute approximate surface area is 210 Å². The molecule has 202 valence electrons. The number of nitrogen functional groups attached to an aromatic ring is 1.